The zero-order valence-corrected chi connectivity index (χ0v) is 15.9. The number of hydrogen-bond donors (Lipinski definition) is 1. The topological polar surface area (TPSA) is 64.1 Å². The quantitative estimate of drug-likeness (QED) is 0.839. The molecular formula is C19H25N3O2S. The number of nitrogens with zero attached hydrogens (tertiary/aromatic N) is 2. The molecule has 134 valence electrons. The summed E-state index contributed by atoms with van der Waals surface area (Å²) >= 11 is 1.47. The van der Waals surface area contributed by atoms with Gasteiger partial charge in [0.25, 0.3) is 5.91 Å². The van der Waals surface area contributed by atoms with Gasteiger partial charge in [0.05, 0.1) is 10.7 Å². The molecule has 5 nitrogen and oxygen atoms in total. The molecule has 0 spiro atoms. The highest BCUT2D eigenvalue weighted by atomic mass is 32.1. The van der Waals surface area contributed by atoms with Gasteiger partial charge in [-0.2, -0.15) is 0 Å². The maximum Gasteiger partial charge on any atom is 0.263 e. The predicted octanol–water partition coefficient (Wildman–Crippen LogP) is 4.22. The molecule has 0 atom stereocenters. The third-order valence-electron chi connectivity index (χ3n) is 4.38. The molecule has 1 amide bonds. The number of aryl methyl sites for hydroxylation is 1. The number of hydrogen-bond acceptors (Lipinski definition) is 5. The lowest BCUT2D eigenvalue weighted by molar-refractivity contribution is 0.0953. The molecule has 0 unspecified atom stereocenters. The van der Waals surface area contributed by atoms with Gasteiger partial charge in [-0.25, -0.2) is 9.97 Å². The Morgan fingerprint density at radius 2 is 2.16 bits per heavy atom. The third-order valence-corrected chi connectivity index (χ3v) is 5.84. The zero-order chi connectivity index (χ0) is 17.8. The molecule has 0 saturated heterocycles. The Morgan fingerprint density at radius 1 is 1.40 bits per heavy atom. The van der Waals surface area contributed by atoms with Crippen LogP contribution < -0.4 is 10.1 Å². The van der Waals surface area contributed by atoms with Crippen molar-refractivity contribution in [1.29, 1.82) is 0 Å². The lowest BCUT2D eigenvalue weighted by Gasteiger charge is -2.15. The van der Waals surface area contributed by atoms with Crippen LogP contribution in [0.25, 0.3) is 0 Å². The van der Waals surface area contributed by atoms with Crippen LogP contribution in [0.3, 0.4) is 0 Å². The van der Waals surface area contributed by atoms with Crippen molar-refractivity contribution in [2.24, 2.45) is 0 Å². The fourth-order valence-electron chi connectivity index (χ4n) is 2.96. The number of thiazole rings is 1. The van der Waals surface area contributed by atoms with Crippen LogP contribution in [-0.4, -0.2) is 22.0 Å². The van der Waals surface area contributed by atoms with Crippen LogP contribution in [0.1, 0.15) is 71.4 Å². The summed E-state index contributed by atoms with van der Waals surface area (Å²) in [4.78, 5) is 22.1. The van der Waals surface area contributed by atoms with E-state index in [2.05, 4.69) is 29.1 Å². The smallest absolute Gasteiger partial charge is 0.263 e. The minimum absolute atomic E-state index is 0.0856. The minimum atomic E-state index is -0.0856. The summed E-state index contributed by atoms with van der Waals surface area (Å²) in [6, 6.07) is 3.83. The number of ether oxygens (including phenoxy) is 1. The summed E-state index contributed by atoms with van der Waals surface area (Å²) in [6.45, 7) is 6.46. The molecule has 0 aliphatic heterocycles. The van der Waals surface area contributed by atoms with Crippen molar-refractivity contribution >= 4 is 17.2 Å². The largest absolute Gasteiger partial charge is 0.474 e. The van der Waals surface area contributed by atoms with Gasteiger partial charge < -0.3 is 10.1 Å². The Kier molecular flexibility index (Phi) is 5.68. The molecule has 1 N–H and O–H groups in total. The summed E-state index contributed by atoms with van der Waals surface area (Å²) in [5, 5.41) is 3.98. The van der Waals surface area contributed by atoms with Crippen LogP contribution in [0.15, 0.2) is 18.3 Å². The second kappa shape index (κ2) is 7.95. The molecule has 1 aliphatic rings. The molecule has 0 radical (unpaired) electrons. The molecule has 0 aromatic carbocycles. The van der Waals surface area contributed by atoms with E-state index in [1.165, 1.54) is 24.2 Å². The first kappa shape index (κ1) is 17.9. The van der Waals surface area contributed by atoms with Crippen molar-refractivity contribution in [2.75, 3.05) is 0 Å². The Balaban J connectivity index is 1.66. The van der Waals surface area contributed by atoms with Crippen LogP contribution in [0, 0.1) is 6.92 Å². The van der Waals surface area contributed by atoms with E-state index in [4.69, 9.17) is 4.74 Å². The van der Waals surface area contributed by atoms with Crippen molar-refractivity contribution in [1.82, 2.24) is 15.3 Å². The van der Waals surface area contributed by atoms with E-state index in [-0.39, 0.29) is 12.0 Å². The SMILES string of the molecule is Cc1nc(C(C)C)sc1C(=O)NCc1cccnc1OC1CCCC1. The second-order valence-electron chi connectivity index (χ2n) is 6.80. The lowest BCUT2D eigenvalue weighted by atomic mass is 10.2. The molecule has 1 aliphatic carbocycles. The monoisotopic (exact) mass is 359 g/mol. The molecule has 2 aromatic heterocycles. The van der Waals surface area contributed by atoms with Crippen molar-refractivity contribution in [3.05, 3.63) is 39.5 Å². The maximum atomic E-state index is 12.5. The summed E-state index contributed by atoms with van der Waals surface area (Å²) in [5.74, 6) is 0.881. The average Bonchev–Trinajstić information content (AvgIpc) is 3.23. The summed E-state index contributed by atoms with van der Waals surface area (Å²) in [5.41, 5.74) is 1.70. The van der Waals surface area contributed by atoms with E-state index in [9.17, 15) is 4.79 Å². The average molecular weight is 359 g/mol. The van der Waals surface area contributed by atoms with Gasteiger partial charge in [-0.15, -0.1) is 11.3 Å². The summed E-state index contributed by atoms with van der Waals surface area (Å²) < 4.78 is 6.03. The molecule has 2 heterocycles. The highest BCUT2D eigenvalue weighted by Gasteiger charge is 2.20. The number of amides is 1. The van der Waals surface area contributed by atoms with Crippen molar-refractivity contribution in [3.63, 3.8) is 0 Å². The summed E-state index contributed by atoms with van der Waals surface area (Å²) in [7, 11) is 0. The van der Waals surface area contributed by atoms with Crippen molar-refractivity contribution in [2.45, 2.75) is 65.0 Å². The van der Waals surface area contributed by atoms with Crippen molar-refractivity contribution < 1.29 is 9.53 Å². The van der Waals surface area contributed by atoms with E-state index in [1.54, 1.807) is 6.20 Å². The maximum absolute atomic E-state index is 12.5. The minimum Gasteiger partial charge on any atom is -0.474 e. The molecule has 3 rings (SSSR count). The molecule has 6 heteroatoms. The van der Waals surface area contributed by atoms with Crippen LogP contribution >= 0.6 is 11.3 Å². The highest BCUT2D eigenvalue weighted by Crippen LogP contribution is 2.26. The van der Waals surface area contributed by atoms with Gasteiger partial charge in [0, 0.05) is 24.2 Å². The van der Waals surface area contributed by atoms with Crippen LogP contribution in [0.2, 0.25) is 0 Å². The van der Waals surface area contributed by atoms with Gasteiger partial charge >= 0.3 is 0 Å². The molecule has 25 heavy (non-hydrogen) atoms. The van der Waals surface area contributed by atoms with Crippen molar-refractivity contribution in [3.8, 4) is 5.88 Å². The number of rotatable bonds is 6. The second-order valence-corrected chi connectivity index (χ2v) is 7.83. The van der Waals surface area contributed by atoms with Gasteiger partial charge in [-0.3, -0.25) is 4.79 Å². The standard InChI is InChI=1S/C19H25N3O2S/c1-12(2)19-22-13(3)16(25-19)17(23)21-11-14-7-6-10-20-18(14)24-15-8-4-5-9-15/h6-7,10,12,15H,4-5,8-9,11H2,1-3H3,(H,21,23). The van der Waals surface area contributed by atoms with E-state index in [1.807, 2.05) is 19.1 Å². The van der Waals surface area contributed by atoms with E-state index < -0.39 is 0 Å². The first-order valence-electron chi connectivity index (χ1n) is 8.90. The molecule has 1 saturated carbocycles. The van der Waals surface area contributed by atoms with Gasteiger partial charge in [0.1, 0.15) is 11.0 Å². The number of aromatic nitrogens is 2. The van der Waals surface area contributed by atoms with Gasteiger partial charge in [-0.1, -0.05) is 19.9 Å². The Bertz CT molecular complexity index is 736. The summed E-state index contributed by atoms with van der Waals surface area (Å²) in [6.07, 6.45) is 6.58. The van der Waals surface area contributed by atoms with Crippen LogP contribution in [-0.2, 0) is 6.54 Å². The number of carbonyl (C=O) groups excluding carboxylic acids is 1. The van der Waals surface area contributed by atoms with E-state index in [0.717, 1.165) is 29.1 Å². The molecule has 1 fully saturated rings. The molecule has 2 aromatic rings. The number of carbonyl (C=O) groups is 1. The first-order chi connectivity index (χ1) is 12.0. The van der Waals surface area contributed by atoms with Crippen LogP contribution in [0.5, 0.6) is 5.88 Å². The van der Waals surface area contributed by atoms with E-state index >= 15 is 0 Å². The normalized spacial score (nSPS) is 14.9. The molecular weight excluding hydrogens is 334 g/mol. The predicted molar refractivity (Wildman–Crippen MR) is 99.2 cm³/mol. The Labute approximate surface area is 152 Å². The van der Waals surface area contributed by atoms with E-state index in [0.29, 0.717) is 23.2 Å². The third kappa shape index (κ3) is 4.37. The van der Waals surface area contributed by atoms with Gasteiger partial charge in [-0.05, 0) is 38.7 Å². The lowest BCUT2D eigenvalue weighted by Crippen LogP contribution is -2.23. The Morgan fingerprint density at radius 3 is 2.84 bits per heavy atom. The fraction of sp³-hybridized carbons (Fsp3) is 0.526. The van der Waals surface area contributed by atoms with Gasteiger partial charge in [0.15, 0.2) is 0 Å². The van der Waals surface area contributed by atoms with Crippen LogP contribution in [0.4, 0.5) is 0 Å². The fourth-order valence-corrected chi connectivity index (χ4v) is 3.95. The first-order valence-corrected chi connectivity index (χ1v) is 9.72. The Hall–Kier alpha value is -1.95. The zero-order valence-electron chi connectivity index (χ0n) is 15.0. The van der Waals surface area contributed by atoms with Gasteiger partial charge in [0.2, 0.25) is 5.88 Å². The highest BCUT2D eigenvalue weighted by molar-refractivity contribution is 7.13. The number of nitrogens with one attached hydrogen (secondary N) is 1. The number of pyridine rings is 1. The molecule has 0 bridgehead atoms.